The van der Waals surface area contributed by atoms with Crippen molar-refractivity contribution in [3.05, 3.63) is 23.3 Å². The Labute approximate surface area is 119 Å². The molecule has 0 radical (unpaired) electrons. The van der Waals surface area contributed by atoms with Gasteiger partial charge < -0.3 is 9.64 Å². The third-order valence-electron chi connectivity index (χ3n) is 2.87. The number of likely N-dealkylation sites (N-methyl/N-ethyl adjacent to an activating group) is 1. The minimum absolute atomic E-state index is 0.0638. The highest BCUT2D eigenvalue weighted by atomic mass is 32.2. The van der Waals surface area contributed by atoms with E-state index in [1.807, 2.05) is 0 Å². The van der Waals surface area contributed by atoms with Crippen LogP contribution in [0.15, 0.2) is 17.0 Å². The molecule has 1 rings (SSSR count). The van der Waals surface area contributed by atoms with Crippen molar-refractivity contribution < 1.29 is 17.9 Å². The predicted molar refractivity (Wildman–Crippen MR) is 76.1 cm³/mol. The van der Waals surface area contributed by atoms with E-state index in [1.165, 1.54) is 11.0 Å². The van der Waals surface area contributed by atoms with Gasteiger partial charge in [-0.2, -0.15) is 0 Å². The zero-order valence-electron chi connectivity index (χ0n) is 12.3. The van der Waals surface area contributed by atoms with Crippen molar-refractivity contribution >= 4 is 15.9 Å². The van der Waals surface area contributed by atoms with Gasteiger partial charge >= 0.3 is 0 Å². The molecule has 0 saturated heterocycles. The molecule has 0 aliphatic carbocycles. The molecule has 0 heterocycles. The fourth-order valence-corrected chi connectivity index (χ4v) is 2.65. The molecule has 0 aliphatic heterocycles. The van der Waals surface area contributed by atoms with E-state index in [1.54, 1.807) is 40.9 Å². The van der Waals surface area contributed by atoms with Crippen LogP contribution in [0.2, 0.25) is 0 Å². The van der Waals surface area contributed by atoms with Gasteiger partial charge in [0, 0.05) is 14.1 Å². The number of hydrogen-bond donors (Lipinski definition) is 1. The Hall–Kier alpha value is -1.60. The van der Waals surface area contributed by atoms with Gasteiger partial charge in [0.2, 0.25) is 10.0 Å². The maximum Gasteiger partial charge on any atom is 0.262 e. The maximum atomic E-state index is 11.8. The number of carbonyl (C=O) groups excluding carboxylic acids is 1. The standard InChI is InChI=1S/C13H20N2O4S/c1-8-7-12(20(14,17)18)9(2)6-11(8)19-10(3)13(16)15(4)5/h6-7,10H,1-5H3,(H2,14,17,18). The lowest BCUT2D eigenvalue weighted by Gasteiger charge is -2.20. The molecule has 2 N–H and O–H groups in total. The van der Waals surface area contributed by atoms with E-state index in [0.29, 0.717) is 16.9 Å². The fourth-order valence-electron chi connectivity index (χ4n) is 1.80. The highest BCUT2D eigenvalue weighted by molar-refractivity contribution is 7.89. The second-order valence-electron chi connectivity index (χ2n) is 4.92. The summed E-state index contributed by atoms with van der Waals surface area (Å²) in [6, 6.07) is 3.03. The number of sulfonamides is 1. The lowest BCUT2D eigenvalue weighted by atomic mass is 10.1. The molecule has 6 nitrogen and oxygen atoms in total. The topological polar surface area (TPSA) is 89.7 Å². The monoisotopic (exact) mass is 300 g/mol. The zero-order chi connectivity index (χ0) is 15.7. The Kier molecular flexibility index (Phi) is 4.77. The van der Waals surface area contributed by atoms with E-state index in [4.69, 9.17) is 9.88 Å². The molecule has 0 fully saturated rings. The van der Waals surface area contributed by atoms with Gasteiger partial charge in [0.1, 0.15) is 5.75 Å². The number of hydrogen-bond acceptors (Lipinski definition) is 4. The Balaban J connectivity index is 3.11. The summed E-state index contributed by atoms with van der Waals surface area (Å²) in [4.78, 5) is 13.3. The van der Waals surface area contributed by atoms with Gasteiger partial charge in [-0.05, 0) is 44.0 Å². The molecule has 0 aliphatic rings. The van der Waals surface area contributed by atoms with Crippen LogP contribution in [0.5, 0.6) is 5.75 Å². The second kappa shape index (κ2) is 5.80. The molecule has 20 heavy (non-hydrogen) atoms. The third-order valence-corrected chi connectivity index (χ3v) is 3.92. The summed E-state index contributed by atoms with van der Waals surface area (Å²) in [6.45, 7) is 4.98. The van der Waals surface area contributed by atoms with E-state index < -0.39 is 16.1 Å². The summed E-state index contributed by atoms with van der Waals surface area (Å²) in [7, 11) is -0.475. The molecule has 0 spiro atoms. The molecule has 1 unspecified atom stereocenters. The first-order chi connectivity index (χ1) is 9.04. The summed E-state index contributed by atoms with van der Waals surface area (Å²) in [5.74, 6) is 0.301. The van der Waals surface area contributed by atoms with Crippen LogP contribution in [-0.2, 0) is 14.8 Å². The molecular formula is C13H20N2O4S. The predicted octanol–water partition coefficient (Wildman–Crippen LogP) is 0.806. The van der Waals surface area contributed by atoms with Gasteiger partial charge in [-0.25, -0.2) is 13.6 Å². The lowest BCUT2D eigenvalue weighted by molar-refractivity contribution is -0.135. The van der Waals surface area contributed by atoms with Crippen LogP contribution in [0.3, 0.4) is 0 Å². The van der Waals surface area contributed by atoms with Crippen molar-refractivity contribution in [2.45, 2.75) is 31.8 Å². The molecule has 0 bridgehead atoms. The number of carbonyl (C=O) groups is 1. The van der Waals surface area contributed by atoms with Gasteiger partial charge in [-0.15, -0.1) is 0 Å². The number of ether oxygens (including phenoxy) is 1. The molecule has 112 valence electrons. The van der Waals surface area contributed by atoms with Crippen molar-refractivity contribution in [2.24, 2.45) is 5.14 Å². The number of rotatable bonds is 4. The molecule has 7 heteroatoms. The molecule has 1 amide bonds. The van der Waals surface area contributed by atoms with Crippen LogP contribution in [-0.4, -0.2) is 39.4 Å². The van der Waals surface area contributed by atoms with Crippen LogP contribution in [0, 0.1) is 13.8 Å². The minimum Gasteiger partial charge on any atom is -0.481 e. The first kappa shape index (κ1) is 16.5. The van der Waals surface area contributed by atoms with Crippen molar-refractivity contribution in [3.63, 3.8) is 0 Å². The van der Waals surface area contributed by atoms with Gasteiger partial charge in [-0.1, -0.05) is 0 Å². The number of nitrogens with zero attached hydrogens (tertiary/aromatic N) is 1. The SMILES string of the molecule is Cc1cc(S(N)(=O)=O)c(C)cc1OC(C)C(=O)N(C)C. The molecular weight excluding hydrogens is 280 g/mol. The molecule has 0 saturated carbocycles. The Morgan fingerprint density at radius 3 is 2.25 bits per heavy atom. The molecule has 1 aromatic rings. The summed E-state index contributed by atoms with van der Waals surface area (Å²) >= 11 is 0. The van der Waals surface area contributed by atoms with E-state index in [0.717, 1.165) is 0 Å². The number of nitrogens with two attached hydrogens (primary N) is 1. The number of primary sulfonamides is 1. The fraction of sp³-hybridized carbons (Fsp3) is 0.462. The van der Waals surface area contributed by atoms with Gasteiger partial charge in [0.15, 0.2) is 6.10 Å². The van der Waals surface area contributed by atoms with Crippen LogP contribution in [0.25, 0.3) is 0 Å². The smallest absolute Gasteiger partial charge is 0.262 e. The minimum atomic E-state index is -3.76. The maximum absolute atomic E-state index is 11.8. The summed E-state index contributed by atoms with van der Waals surface area (Å²) < 4.78 is 28.4. The van der Waals surface area contributed by atoms with Gasteiger partial charge in [0.05, 0.1) is 4.90 Å². The average Bonchev–Trinajstić information content (AvgIpc) is 2.30. The molecule has 0 aromatic heterocycles. The number of amides is 1. The van der Waals surface area contributed by atoms with Crippen molar-refractivity contribution in [1.82, 2.24) is 4.90 Å². The lowest BCUT2D eigenvalue weighted by Crippen LogP contribution is -2.35. The van der Waals surface area contributed by atoms with Gasteiger partial charge in [0.25, 0.3) is 5.91 Å². The highest BCUT2D eigenvalue weighted by Crippen LogP contribution is 2.26. The van der Waals surface area contributed by atoms with E-state index >= 15 is 0 Å². The molecule has 1 aromatic carbocycles. The van der Waals surface area contributed by atoms with E-state index in [-0.39, 0.29) is 10.8 Å². The zero-order valence-corrected chi connectivity index (χ0v) is 13.1. The van der Waals surface area contributed by atoms with Crippen molar-refractivity contribution in [3.8, 4) is 5.75 Å². The largest absolute Gasteiger partial charge is 0.481 e. The quantitative estimate of drug-likeness (QED) is 0.891. The van der Waals surface area contributed by atoms with E-state index in [9.17, 15) is 13.2 Å². The Morgan fingerprint density at radius 1 is 1.25 bits per heavy atom. The number of aryl methyl sites for hydroxylation is 2. The van der Waals surface area contributed by atoms with Crippen molar-refractivity contribution in [1.29, 1.82) is 0 Å². The second-order valence-corrected chi connectivity index (χ2v) is 6.45. The summed E-state index contributed by atoms with van der Waals surface area (Å²) in [5.41, 5.74) is 1.09. The van der Waals surface area contributed by atoms with Crippen LogP contribution in [0.1, 0.15) is 18.1 Å². The molecule has 1 atom stereocenters. The highest BCUT2D eigenvalue weighted by Gasteiger charge is 2.19. The van der Waals surface area contributed by atoms with Gasteiger partial charge in [-0.3, -0.25) is 4.79 Å². The van der Waals surface area contributed by atoms with Crippen LogP contribution >= 0.6 is 0 Å². The first-order valence-corrected chi connectivity index (χ1v) is 7.60. The number of benzene rings is 1. The van der Waals surface area contributed by atoms with Crippen LogP contribution in [0.4, 0.5) is 0 Å². The summed E-state index contributed by atoms with van der Waals surface area (Å²) in [6.07, 6.45) is -0.650. The third kappa shape index (κ3) is 3.71. The summed E-state index contributed by atoms with van der Waals surface area (Å²) in [5, 5.41) is 5.14. The normalized spacial score (nSPS) is 12.9. The van der Waals surface area contributed by atoms with Crippen molar-refractivity contribution in [2.75, 3.05) is 14.1 Å². The Bertz CT molecular complexity index is 624. The first-order valence-electron chi connectivity index (χ1n) is 6.06. The Morgan fingerprint density at radius 2 is 1.80 bits per heavy atom. The average molecular weight is 300 g/mol. The van der Waals surface area contributed by atoms with Crippen LogP contribution < -0.4 is 9.88 Å². The van der Waals surface area contributed by atoms with E-state index in [2.05, 4.69) is 0 Å².